The number of hydrogen-bond donors (Lipinski definition) is 2. The van der Waals surface area contributed by atoms with Crippen LogP contribution in [0.4, 0.5) is 0 Å². The zero-order chi connectivity index (χ0) is 11.7. The molecule has 2 aromatic rings. The van der Waals surface area contributed by atoms with E-state index in [2.05, 4.69) is 32.6 Å². The first-order valence-corrected chi connectivity index (χ1v) is 5.66. The lowest BCUT2D eigenvalue weighted by Crippen LogP contribution is -2.19. The molecule has 0 saturated heterocycles. The van der Waals surface area contributed by atoms with Gasteiger partial charge in [-0.3, -0.25) is 5.10 Å². The van der Waals surface area contributed by atoms with E-state index in [1.165, 1.54) is 17.5 Å². The van der Waals surface area contributed by atoms with Gasteiger partial charge in [0.05, 0.1) is 12.6 Å². The average molecular weight is 230 g/mol. The molecule has 88 valence electrons. The summed E-state index contributed by atoms with van der Waals surface area (Å²) in [6, 6.07) is 6.31. The monoisotopic (exact) mass is 230 g/mol. The van der Waals surface area contributed by atoms with Crippen LogP contribution in [0.15, 0.2) is 24.5 Å². The van der Waals surface area contributed by atoms with Crippen LogP contribution in [0.3, 0.4) is 0 Å². The molecule has 1 atom stereocenters. The van der Waals surface area contributed by atoms with Crippen LogP contribution >= 0.6 is 0 Å². The predicted molar refractivity (Wildman–Crippen MR) is 62.9 cm³/mol. The maximum Gasteiger partial charge on any atom is 0.145 e. The van der Waals surface area contributed by atoms with Gasteiger partial charge in [-0.2, -0.15) is 5.10 Å². The van der Waals surface area contributed by atoms with Crippen molar-refractivity contribution in [2.75, 3.05) is 13.7 Å². The molecule has 1 unspecified atom stereocenters. The fourth-order valence-corrected chi connectivity index (χ4v) is 2.20. The van der Waals surface area contributed by atoms with Crippen molar-refractivity contribution in [3.05, 3.63) is 41.5 Å². The fraction of sp³-hybridized carbons (Fsp3) is 0.333. The zero-order valence-corrected chi connectivity index (χ0v) is 9.60. The summed E-state index contributed by atoms with van der Waals surface area (Å²) in [6.07, 6.45) is 2.51. The maximum atomic E-state index is 5.50. The smallest absolute Gasteiger partial charge is 0.145 e. The van der Waals surface area contributed by atoms with Crippen molar-refractivity contribution in [2.45, 2.75) is 12.5 Å². The summed E-state index contributed by atoms with van der Waals surface area (Å²) in [4.78, 5) is 4.20. The molecule has 0 amide bonds. The Hall–Kier alpha value is -1.88. The van der Waals surface area contributed by atoms with Gasteiger partial charge < -0.3 is 10.1 Å². The second kappa shape index (κ2) is 4.18. The summed E-state index contributed by atoms with van der Waals surface area (Å²) in [5.41, 5.74) is 2.44. The van der Waals surface area contributed by atoms with E-state index in [1.807, 2.05) is 13.1 Å². The van der Waals surface area contributed by atoms with Crippen LogP contribution in [-0.4, -0.2) is 28.8 Å². The molecular weight excluding hydrogens is 216 g/mol. The lowest BCUT2D eigenvalue weighted by atomic mass is 10.0. The molecule has 0 saturated carbocycles. The average Bonchev–Trinajstić information content (AvgIpc) is 2.99. The number of fused-ring (bicyclic) bond motifs is 1. The number of nitrogens with one attached hydrogen (secondary N) is 2. The van der Waals surface area contributed by atoms with Gasteiger partial charge >= 0.3 is 0 Å². The summed E-state index contributed by atoms with van der Waals surface area (Å²) < 4.78 is 5.50. The van der Waals surface area contributed by atoms with Crippen LogP contribution in [0.1, 0.15) is 23.0 Å². The fourth-order valence-electron chi connectivity index (χ4n) is 2.20. The molecule has 0 radical (unpaired) electrons. The first kappa shape index (κ1) is 10.3. The number of rotatable bonds is 3. The normalized spacial score (nSPS) is 15.4. The molecular formula is C12H14N4O. The van der Waals surface area contributed by atoms with E-state index < -0.39 is 0 Å². The molecule has 0 bridgehead atoms. The minimum absolute atomic E-state index is 0.0448. The Morgan fingerprint density at radius 1 is 1.47 bits per heavy atom. The van der Waals surface area contributed by atoms with Crippen LogP contribution < -0.4 is 10.1 Å². The standard InChI is InChI=1S/C12H14N4O/c1-13-11(12-14-7-15-16-12)9-2-3-10-8(6-9)4-5-17-10/h2-3,6-7,11,13H,4-5H2,1H3,(H,14,15,16). The molecule has 1 aliphatic heterocycles. The molecule has 2 N–H and O–H groups in total. The summed E-state index contributed by atoms with van der Waals surface area (Å²) in [5, 5.41) is 10.0. The molecule has 3 rings (SSSR count). The number of ether oxygens (including phenoxy) is 1. The van der Waals surface area contributed by atoms with E-state index in [0.29, 0.717) is 0 Å². The molecule has 17 heavy (non-hydrogen) atoms. The minimum Gasteiger partial charge on any atom is -0.493 e. The summed E-state index contributed by atoms with van der Waals surface area (Å²) >= 11 is 0. The van der Waals surface area contributed by atoms with Crippen LogP contribution in [-0.2, 0) is 6.42 Å². The van der Waals surface area contributed by atoms with Gasteiger partial charge in [0.2, 0.25) is 0 Å². The maximum absolute atomic E-state index is 5.50. The SMILES string of the molecule is CNC(c1ccc2c(c1)CCO2)c1ncn[nH]1. The Kier molecular flexibility index (Phi) is 2.53. The van der Waals surface area contributed by atoms with Gasteiger partial charge in [-0.05, 0) is 30.3 Å². The molecule has 1 aromatic carbocycles. The largest absolute Gasteiger partial charge is 0.493 e. The van der Waals surface area contributed by atoms with E-state index in [-0.39, 0.29) is 6.04 Å². The number of H-pyrrole nitrogens is 1. The van der Waals surface area contributed by atoms with Crippen LogP contribution in [0.5, 0.6) is 5.75 Å². The number of nitrogens with zero attached hydrogens (tertiary/aromatic N) is 2. The third-order valence-corrected chi connectivity index (χ3v) is 3.04. The molecule has 1 aromatic heterocycles. The second-order valence-corrected chi connectivity index (χ2v) is 4.06. The van der Waals surface area contributed by atoms with E-state index in [9.17, 15) is 0 Å². The highest BCUT2D eigenvalue weighted by Crippen LogP contribution is 2.29. The molecule has 5 nitrogen and oxygen atoms in total. The predicted octanol–water partition coefficient (Wildman–Crippen LogP) is 1.05. The van der Waals surface area contributed by atoms with Gasteiger partial charge in [-0.15, -0.1) is 0 Å². The number of aromatic amines is 1. The topological polar surface area (TPSA) is 62.8 Å². The van der Waals surface area contributed by atoms with Crippen LogP contribution in [0.2, 0.25) is 0 Å². The summed E-state index contributed by atoms with van der Waals surface area (Å²) in [5.74, 6) is 1.83. The molecule has 0 fully saturated rings. The number of aromatic nitrogens is 3. The highest BCUT2D eigenvalue weighted by molar-refractivity contribution is 5.41. The quantitative estimate of drug-likeness (QED) is 0.827. The van der Waals surface area contributed by atoms with Gasteiger partial charge in [-0.25, -0.2) is 4.98 Å². The van der Waals surface area contributed by atoms with Crippen molar-refractivity contribution in [3.63, 3.8) is 0 Å². The van der Waals surface area contributed by atoms with E-state index in [0.717, 1.165) is 24.6 Å². The molecule has 2 heterocycles. The van der Waals surface area contributed by atoms with Crippen molar-refractivity contribution >= 4 is 0 Å². The lowest BCUT2D eigenvalue weighted by Gasteiger charge is -2.14. The second-order valence-electron chi connectivity index (χ2n) is 4.06. The first-order chi connectivity index (χ1) is 8.38. The van der Waals surface area contributed by atoms with Gasteiger partial charge in [0.15, 0.2) is 0 Å². The van der Waals surface area contributed by atoms with Gasteiger partial charge in [-0.1, -0.05) is 6.07 Å². The Morgan fingerprint density at radius 3 is 3.18 bits per heavy atom. The Labute approximate surface area is 99.2 Å². The van der Waals surface area contributed by atoms with Crippen molar-refractivity contribution in [1.29, 1.82) is 0 Å². The molecule has 1 aliphatic rings. The van der Waals surface area contributed by atoms with Crippen LogP contribution in [0.25, 0.3) is 0 Å². The van der Waals surface area contributed by atoms with Gasteiger partial charge in [0, 0.05) is 6.42 Å². The van der Waals surface area contributed by atoms with E-state index in [1.54, 1.807) is 0 Å². The Morgan fingerprint density at radius 2 is 2.41 bits per heavy atom. The van der Waals surface area contributed by atoms with Crippen molar-refractivity contribution in [1.82, 2.24) is 20.5 Å². The van der Waals surface area contributed by atoms with E-state index in [4.69, 9.17) is 4.74 Å². The minimum atomic E-state index is 0.0448. The third kappa shape index (κ3) is 1.78. The number of hydrogen-bond acceptors (Lipinski definition) is 4. The Bertz CT molecular complexity index is 509. The van der Waals surface area contributed by atoms with Crippen molar-refractivity contribution in [3.8, 4) is 5.75 Å². The van der Waals surface area contributed by atoms with E-state index >= 15 is 0 Å². The van der Waals surface area contributed by atoms with Crippen LogP contribution in [0, 0.1) is 0 Å². The highest BCUT2D eigenvalue weighted by Gasteiger charge is 2.18. The van der Waals surface area contributed by atoms with Gasteiger partial charge in [0.1, 0.15) is 17.9 Å². The van der Waals surface area contributed by atoms with Gasteiger partial charge in [0.25, 0.3) is 0 Å². The van der Waals surface area contributed by atoms with Crippen molar-refractivity contribution in [2.24, 2.45) is 0 Å². The first-order valence-electron chi connectivity index (χ1n) is 5.66. The highest BCUT2D eigenvalue weighted by atomic mass is 16.5. The Balaban J connectivity index is 1.97. The molecule has 0 aliphatic carbocycles. The zero-order valence-electron chi connectivity index (χ0n) is 9.60. The lowest BCUT2D eigenvalue weighted by molar-refractivity contribution is 0.357. The molecule has 0 spiro atoms. The third-order valence-electron chi connectivity index (χ3n) is 3.04. The summed E-state index contributed by atoms with van der Waals surface area (Å²) in [7, 11) is 1.91. The summed E-state index contributed by atoms with van der Waals surface area (Å²) in [6.45, 7) is 0.783. The van der Waals surface area contributed by atoms with Crippen molar-refractivity contribution < 1.29 is 4.74 Å². The molecule has 5 heteroatoms. The number of benzene rings is 1.